The van der Waals surface area contributed by atoms with E-state index in [1.165, 1.54) is 0 Å². The number of hydrogen-bond donors (Lipinski definition) is 1. The molecule has 56 valence electrons. The molecular formula is C7H11NS2. The smallest absolute Gasteiger partial charge is 0.134 e. The third kappa shape index (κ3) is 5.85. The van der Waals surface area contributed by atoms with Gasteiger partial charge in [0.15, 0.2) is 0 Å². The maximum Gasteiger partial charge on any atom is 0.134 e. The minimum Gasteiger partial charge on any atom is -0.368 e. The molecule has 0 aliphatic carbocycles. The summed E-state index contributed by atoms with van der Waals surface area (Å²) in [5, 5.41) is 3.00. The molecule has 0 aromatic carbocycles. The minimum absolute atomic E-state index is 0.739. The third-order valence-corrected chi connectivity index (χ3v) is 2.03. The summed E-state index contributed by atoms with van der Waals surface area (Å²) >= 11 is 6.51. The van der Waals surface area contributed by atoms with Gasteiger partial charge >= 0.3 is 0 Å². The lowest BCUT2D eigenvalue weighted by molar-refractivity contribution is 1.08. The summed E-state index contributed by atoms with van der Waals surface area (Å²) in [4.78, 5) is 0. The largest absolute Gasteiger partial charge is 0.368 e. The van der Waals surface area contributed by atoms with Crippen molar-refractivity contribution in [3.8, 4) is 0 Å². The van der Waals surface area contributed by atoms with Crippen LogP contribution in [0.1, 0.15) is 0 Å². The molecule has 3 heteroatoms. The predicted octanol–water partition coefficient (Wildman–Crippen LogP) is 1.97. The summed E-state index contributed by atoms with van der Waals surface area (Å²) in [5.74, 6) is 0.864. The van der Waals surface area contributed by atoms with Gasteiger partial charge < -0.3 is 5.32 Å². The first-order valence-corrected chi connectivity index (χ1v) is 4.33. The zero-order valence-electron chi connectivity index (χ0n) is 5.80. The van der Waals surface area contributed by atoms with E-state index in [-0.39, 0.29) is 0 Å². The molecule has 0 saturated heterocycles. The summed E-state index contributed by atoms with van der Waals surface area (Å²) in [6.07, 6.45) is 3.60. The van der Waals surface area contributed by atoms with Crippen LogP contribution in [0.15, 0.2) is 25.3 Å². The first-order valence-electron chi connectivity index (χ1n) is 2.93. The first kappa shape index (κ1) is 9.72. The lowest BCUT2D eigenvalue weighted by atomic mass is 10.6. The van der Waals surface area contributed by atoms with Crippen LogP contribution in [0.5, 0.6) is 0 Å². The Hall–Kier alpha value is -0.280. The maximum atomic E-state index is 4.94. The number of nitrogens with one attached hydrogen (secondary N) is 1. The molecule has 0 aliphatic rings. The van der Waals surface area contributed by atoms with Gasteiger partial charge in [-0.1, -0.05) is 36.1 Å². The highest BCUT2D eigenvalue weighted by atomic mass is 32.2. The SMILES string of the molecule is C=CCNC(=S)SCC=C. The fourth-order valence-electron chi connectivity index (χ4n) is 0.341. The maximum absolute atomic E-state index is 4.94. The molecule has 0 heterocycles. The van der Waals surface area contributed by atoms with E-state index >= 15 is 0 Å². The minimum atomic E-state index is 0.739. The van der Waals surface area contributed by atoms with Gasteiger partial charge in [0.2, 0.25) is 0 Å². The van der Waals surface area contributed by atoms with Crippen molar-refractivity contribution in [1.82, 2.24) is 5.32 Å². The van der Waals surface area contributed by atoms with Crippen LogP contribution >= 0.6 is 24.0 Å². The van der Waals surface area contributed by atoms with Crippen LogP contribution < -0.4 is 5.32 Å². The van der Waals surface area contributed by atoms with Crippen molar-refractivity contribution in [2.75, 3.05) is 12.3 Å². The molecule has 1 nitrogen and oxygen atoms in total. The zero-order chi connectivity index (χ0) is 7.82. The highest BCUT2D eigenvalue weighted by molar-refractivity contribution is 8.23. The Bertz CT molecular complexity index is 118. The van der Waals surface area contributed by atoms with Gasteiger partial charge in [-0.05, 0) is 0 Å². The van der Waals surface area contributed by atoms with E-state index in [1.54, 1.807) is 17.8 Å². The van der Waals surface area contributed by atoms with Gasteiger partial charge in [0.25, 0.3) is 0 Å². The van der Waals surface area contributed by atoms with E-state index in [0.29, 0.717) is 0 Å². The molecule has 10 heavy (non-hydrogen) atoms. The predicted molar refractivity (Wildman–Crippen MR) is 53.5 cm³/mol. The molecule has 0 unspecified atom stereocenters. The highest BCUT2D eigenvalue weighted by Crippen LogP contribution is 2.00. The fourth-order valence-corrected chi connectivity index (χ4v) is 1.08. The van der Waals surface area contributed by atoms with Crippen molar-refractivity contribution in [2.45, 2.75) is 0 Å². The average Bonchev–Trinajstić information content (AvgIpc) is 1.97. The van der Waals surface area contributed by atoms with E-state index in [9.17, 15) is 0 Å². The molecule has 0 spiro atoms. The second kappa shape index (κ2) is 6.83. The van der Waals surface area contributed by atoms with E-state index in [4.69, 9.17) is 12.2 Å². The van der Waals surface area contributed by atoms with E-state index in [0.717, 1.165) is 16.6 Å². The van der Waals surface area contributed by atoms with E-state index in [2.05, 4.69) is 18.5 Å². The van der Waals surface area contributed by atoms with Crippen molar-refractivity contribution in [2.24, 2.45) is 0 Å². The molecule has 1 N–H and O–H groups in total. The summed E-state index contributed by atoms with van der Waals surface area (Å²) in [6.45, 7) is 7.88. The topological polar surface area (TPSA) is 12.0 Å². The molecule has 0 rings (SSSR count). The van der Waals surface area contributed by atoms with Crippen molar-refractivity contribution in [3.05, 3.63) is 25.3 Å². The van der Waals surface area contributed by atoms with Gasteiger partial charge in [-0.25, -0.2) is 0 Å². The Balaban J connectivity index is 3.24. The Morgan fingerprint density at radius 2 is 2.20 bits per heavy atom. The summed E-state index contributed by atoms with van der Waals surface area (Å²) in [7, 11) is 0. The van der Waals surface area contributed by atoms with Gasteiger partial charge in [-0.3, -0.25) is 0 Å². The molecule has 0 amide bonds. The Morgan fingerprint density at radius 3 is 2.70 bits per heavy atom. The second-order valence-electron chi connectivity index (χ2n) is 1.56. The van der Waals surface area contributed by atoms with Crippen molar-refractivity contribution < 1.29 is 0 Å². The van der Waals surface area contributed by atoms with Crippen molar-refractivity contribution in [1.29, 1.82) is 0 Å². The van der Waals surface area contributed by atoms with Gasteiger partial charge in [0.05, 0.1) is 0 Å². The van der Waals surface area contributed by atoms with Gasteiger partial charge in [-0.15, -0.1) is 13.2 Å². The number of thiocarbonyl (C=S) groups is 1. The quantitative estimate of drug-likeness (QED) is 0.515. The van der Waals surface area contributed by atoms with Crippen LogP contribution in [0.25, 0.3) is 0 Å². The zero-order valence-corrected chi connectivity index (χ0v) is 7.43. The molecule has 0 aromatic heterocycles. The van der Waals surface area contributed by atoms with Gasteiger partial charge in [0.1, 0.15) is 4.32 Å². The summed E-state index contributed by atoms with van der Waals surface area (Å²) in [6, 6.07) is 0. The normalized spacial score (nSPS) is 8.40. The van der Waals surface area contributed by atoms with Crippen LogP contribution in [0.3, 0.4) is 0 Å². The van der Waals surface area contributed by atoms with Crippen molar-refractivity contribution in [3.63, 3.8) is 0 Å². The van der Waals surface area contributed by atoms with E-state index < -0.39 is 0 Å². The monoisotopic (exact) mass is 173 g/mol. The standard InChI is InChI=1S/C7H11NS2/c1-3-5-8-7(9)10-6-4-2/h3-4H,1-2,5-6H2,(H,8,9). The van der Waals surface area contributed by atoms with Crippen LogP contribution in [-0.2, 0) is 0 Å². The molecular weight excluding hydrogens is 162 g/mol. The molecule has 0 saturated carbocycles. The van der Waals surface area contributed by atoms with Crippen LogP contribution in [0.2, 0.25) is 0 Å². The molecule has 0 bridgehead atoms. The first-order chi connectivity index (χ1) is 4.81. The Kier molecular flexibility index (Phi) is 6.64. The Morgan fingerprint density at radius 1 is 1.50 bits per heavy atom. The lowest BCUT2D eigenvalue weighted by Gasteiger charge is -2.01. The molecule has 0 aliphatic heterocycles. The summed E-state index contributed by atoms with van der Waals surface area (Å²) < 4.78 is 0.805. The van der Waals surface area contributed by atoms with Crippen LogP contribution in [0.4, 0.5) is 0 Å². The highest BCUT2D eigenvalue weighted by Gasteiger charge is 1.90. The van der Waals surface area contributed by atoms with Gasteiger partial charge in [0, 0.05) is 12.3 Å². The lowest BCUT2D eigenvalue weighted by Crippen LogP contribution is -2.17. The molecule has 0 radical (unpaired) electrons. The van der Waals surface area contributed by atoms with Crippen LogP contribution in [0, 0.1) is 0 Å². The Labute approximate surface area is 71.6 Å². The molecule has 0 atom stereocenters. The average molecular weight is 173 g/mol. The number of thioether (sulfide) groups is 1. The van der Waals surface area contributed by atoms with Gasteiger partial charge in [-0.2, -0.15) is 0 Å². The fraction of sp³-hybridized carbons (Fsp3) is 0.286. The molecule has 0 fully saturated rings. The second-order valence-corrected chi connectivity index (χ2v) is 3.25. The third-order valence-electron chi connectivity index (χ3n) is 0.723. The van der Waals surface area contributed by atoms with E-state index in [1.807, 2.05) is 6.08 Å². The summed E-state index contributed by atoms with van der Waals surface area (Å²) in [5.41, 5.74) is 0. The van der Waals surface area contributed by atoms with Crippen LogP contribution in [-0.4, -0.2) is 16.6 Å². The number of rotatable bonds is 4. The van der Waals surface area contributed by atoms with Crippen molar-refractivity contribution >= 4 is 28.3 Å². The number of hydrogen-bond acceptors (Lipinski definition) is 2. The molecule has 0 aromatic rings.